The molecule has 0 aliphatic carbocycles. The molecule has 0 unspecified atom stereocenters. The van der Waals surface area contributed by atoms with E-state index in [1.54, 1.807) is 13.2 Å². The second kappa shape index (κ2) is 6.24. The minimum atomic E-state index is -0.151. The molecule has 0 radical (unpaired) electrons. The smallest absolute Gasteiger partial charge is 0.244 e. The van der Waals surface area contributed by atoms with Gasteiger partial charge in [0.2, 0.25) is 12.7 Å². The van der Waals surface area contributed by atoms with Crippen molar-refractivity contribution in [3.8, 4) is 11.5 Å². The minimum Gasteiger partial charge on any atom is -0.454 e. The van der Waals surface area contributed by atoms with Gasteiger partial charge in [-0.3, -0.25) is 4.79 Å². The monoisotopic (exact) mass is 263 g/mol. The summed E-state index contributed by atoms with van der Waals surface area (Å²) in [6, 6.07) is 5.52. The summed E-state index contributed by atoms with van der Waals surface area (Å²) in [5.41, 5.74) is 0.888. The molecule has 102 valence electrons. The number of fused-ring (bicyclic) bond motifs is 1. The molecule has 1 heterocycles. The summed E-state index contributed by atoms with van der Waals surface area (Å²) in [5.74, 6) is 1.29. The molecule has 1 aliphatic heterocycles. The first-order valence-electron chi connectivity index (χ1n) is 6.06. The molecule has 0 aromatic heterocycles. The second-order valence-electron chi connectivity index (χ2n) is 4.31. The van der Waals surface area contributed by atoms with Crippen molar-refractivity contribution in [2.24, 2.45) is 0 Å². The van der Waals surface area contributed by atoms with E-state index in [1.165, 1.54) is 6.08 Å². The SMILES string of the molecule is COC[C@H](C)NC(=O)/C=C/c1ccc2c(c1)OCO2. The van der Waals surface area contributed by atoms with Crippen LogP contribution in [0, 0.1) is 0 Å². The molecular weight excluding hydrogens is 246 g/mol. The second-order valence-corrected chi connectivity index (χ2v) is 4.31. The molecule has 0 fully saturated rings. The largest absolute Gasteiger partial charge is 0.454 e. The van der Waals surface area contributed by atoms with E-state index >= 15 is 0 Å². The topological polar surface area (TPSA) is 56.8 Å². The molecule has 1 atom stereocenters. The van der Waals surface area contributed by atoms with Crippen molar-refractivity contribution in [3.05, 3.63) is 29.8 Å². The van der Waals surface area contributed by atoms with Crippen LogP contribution >= 0.6 is 0 Å². The van der Waals surface area contributed by atoms with Gasteiger partial charge >= 0.3 is 0 Å². The minimum absolute atomic E-state index is 0.0149. The van der Waals surface area contributed by atoms with E-state index in [0.717, 1.165) is 11.3 Å². The van der Waals surface area contributed by atoms with Crippen LogP contribution in [0.25, 0.3) is 6.08 Å². The number of methoxy groups -OCH3 is 1. The van der Waals surface area contributed by atoms with Gasteiger partial charge in [-0.1, -0.05) is 6.07 Å². The van der Waals surface area contributed by atoms with Crippen LogP contribution in [-0.2, 0) is 9.53 Å². The van der Waals surface area contributed by atoms with E-state index in [2.05, 4.69) is 5.32 Å². The van der Waals surface area contributed by atoms with E-state index in [9.17, 15) is 4.79 Å². The van der Waals surface area contributed by atoms with Gasteiger partial charge in [-0.15, -0.1) is 0 Å². The van der Waals surface area contributed by atoms with E-state index in [-0.39, 0.29) is 18.7 Å². The number of rotatable bonds is 5. The number of benzene rings is 1. The first kappa shape index (κ1) is 13.4. The molecule has 1 aromatic rings. The highest BCUT2D eigenvalue weighted by Crippen LogP contribution is 2.32. The molecule has 1 aliphatic rings. The molecule has 1 amide bonds. The number of hydrogen-bond donors (Lipinski definition) is 1. The summed E-state index contributed by atoms with van der Waals surface area (Å²) in [7, 11) is 1.60. The van der Waals surface area contributed by atoms with Crippen molar-refractivity contribution in [2.75, 3.05) is 20.5 Å². The summed E-state index contributed by atoms with van der Waals surface area (Å²) in [4.78, 5) is 11.6. The van der Waals surface area contributed by atoms with Crippen LogP contribution in [0.3, 0.4) is 0 Å². The fourth-order valence-electron chi connectivity index (χ4n) is 1.77. The Morgan fingerprint density at radius 1 is 1.47 bits per heavy atom. The fourth-order valence-corrected chi connectivity index (χ4v) is 1.77. The van der Waals surface area contributed by atoms with Gasteiger partial charge in [0.1, 0.15) is 0 Å². The van der Waals surface area contributed by atoms with E-state index < -0.39 is 0 Å². The van der Waals surface area contributed by atoms with Crippen molar-refractivity contribution < 1.29 is 19.0 Å². The molecule has 0 saturated carbocycles. The summed E-state index contributed by atoms with van der Waals surface area (Å²) in [6.07, 6.45) is 3.22. The first-order chi connectivity index (χ1) is 9.19. The standard InChI is InChI=1S/C14H17NO4/c1-10(8-17-2)15-14(16)6-4-11-3-5-12-13(7-11)19-9-18-12/h3-7,10H,8-9H2,1-2H3,(H,15,16)/b6-4+/t10-/m0/s1. The third kappa shape index (κ3) is 3.72. The third-order valence-corrected chi connectivity index (χ3v) is 2.63. The maximum atomic E-state index is 11.6. The Balaban J connectivity index is 1.93. The molecule has 5 heteroatoms. The lowest BCUT2D eigenvalue weighted by Crippen LogP contribution is -2.34. The Hall–Kier alpha value is -2.01. The van der Waals surface area contributed by atoms with Crippen molar-refractivity contribution in [1.29, 1.82) is 0 Å². The predicted octanol–water partition coefficient (Wildman–Crippen LogP) is 1.58. The van der Waals surface area contributed by atoms with Crippen LogP contribution in [0.1, 0.15) is 12.5 Å². The van der Waals surface area contributed by atoms with Gasteiger partial charge in [0.15, 0.2) is 11.5 Å². The number of carbonyl (C=O) groups excluding carboxylic acids is 1. The zero-order valence-corrected chi connectivity index (χ0v) is 11.0. The molecule has 19 heavy (non-hydrogen) atoms. The molecule has 0 bridgehead atoms. The Bertz CT molecular complexity index is 484. The van der Waals surface area contributed by atoms with Crippen LogP contribution in [0.15, 0.2) is 24.3 Å². The lowest BCUT2D eigenvalue weighted by Gasteiger charge is -2.10. The van der Waals surface area contributed by atoms with Crippen LogP contribution in [0.4, 0.5) is 0 Å². The first-order valence-corrected chi connectivity index (χ1v) is 6.06. The average Bonchev–Trinajstić information content (AvgIpc) is 2.83. The molecule has 1 N–H and O–H groups in total. The van der Waals surface area contributed by atoms with Gasteiger partial charge in [-0.25, -0.2) is 0 Å². The summed E-state index contributed by atoms with van der Waals surface area (Å²) >= 11 is 0. The molecular formula is C14H17NO4. The molecule has 0 saturated heterocycles. The lowest BCUT2D eigenvalue weighted by atomic mass is 10.2. The normalized spacial score (nSPS) is 14.6. The van der Waals surface area contributed by atoms with E-state index in [0.29, 0.717) is 12.4 Å². The molecule has 1 aromatic carbocycles. The molecule has 5 nitrogen and oxygen atoms in total. The summed E-state index contributed by atoms with van der Waals surface area (Å²) < 4.78 is 15.4. The van der Waals surface area contributed by atoms with Gasteiger partial charge in [-0.2, -0.15) is 0 Å². The molecule has 0 spiro atoms. The zero-order chi connectivity index (χ0) is 13.7. The molecule has 2 rings (SSSR count). The highest BCUT2D eigenvalue weighted by molar-refractivity contribution is 5.92. The Labute approximate surface area is 112 Å². The highest BCUT2D eigenvalue weighted by Gasteiger charge is 2.12. The van der Waals surface area contributed by atoms with Crippen molar-refractivity contribution in [1.82, 2.24) is 5.32 Å². The zero-order valence-electron chi connectivity index (χ0n) is 11.0. The number of ether oxygens (including phenoxy) is 3. The van der Waals surface area contributed by atoms with Crippen LogP contribution in [-0.4, -0.2) is 32.5 Å². The van der Waals surface area contributed by atoms with Gasteiger partial charge < -0.3 is 19.5 Å². The third-order valence-electron chi connectivity index (χ3n) is 2.63. The maximum absolute atomic E-state index is 11.6. The highest BCUT2D eigenvalue weighted by atomic mass is 16.7. The van der Waals surface area contributed by atoms with Crippen LogP contribution in [0.5, 0.6) is 11.5 Å². The number of nitrogens with one attached hydrogen (secondary N) is 1. The number of hydrogen-bond acceptors (Lipinski definition) is 4. The Morgan fingerprint density at radius 3 is 3.05 bits per heavy atom. The van der Waals surface area contributed by atoms with E-state index in [4.69, 9.17) is 14.2 Å². The number of amides is 1. The van der Waals surface area contributed by atoms with Gasteiger partial charge in [0.25, 0.3) is 0 Å². The van der Waals surface area contributed by atoms with Crippen molar-refractivity contribution in [2.45, 2.75) is 13.0 Å². The maximum Gasteiger partial charge on any atom is 0.244 e. The summed E-state index contributed by atoms with van der Waals surface area (Å²) in [5, 5.41) is 2.80. The Morgan fingerprint density at radius 2 is 2.26 bits per heavy atom. The average molecular weight is 263 g/mol. The van der Waals surface area contributed by atoms with Gasteiger partial charge in [0, 0.05) is 19.2 Å². The van der Waals surface area contributed by atoms with Gasteiger partial charge in [-0.05, 0) is 30.7 Å². The predicted molar refractivity (Wildman–Crippen MR) is 71.1 cm³/mol. The van der Waals surface area contributed by atoms with Crippen LogP contribution in [0.2, 0.25) is 0 Å². The van der Waals surface area contributed by atoms with Crippen LogP contribution < -0.4 is 14.8 Å². The number of carbonyl (C=O) groups is 1. The fraction of sp³-hybridized carbons (Fsp3) is 0.357. The quantitative estimate of drug-likeness (QED) is 0.819. The Kier molecular flexibility index (Phi) is 4.41. The van der Waals surface area contributed by atoms with Crippen molar-refractivity contribution >= 4 is 12.0 Å². The van der Waals surface area contributed by atoms with E-state index in [1.807, 2.05) is 25.1 Å². The lowest BCUT2D eigenvalue weighted by molar-refractivity contribution is -0.117. The van der Waals surface area contributed by atoms with Crippen molar-refractivity contribution in [3.63, 3.8) is 0 Å². The van der Waals surface area contributed by atoms with Gasteiger partial charge in [0.05, 0.1) is 6.61 Å². The summed E-state index contributed by atoms with van der Waals surface area (Å²) in [6.45, 7) is 2.62.